The lowest BCUT2D eigenvalue weighted by Gasteiger charge is -2.26. The molecule has 0 aliphatic heterocycles. The van der Waals surface area contributed by atoms with Gasteiger partial charge in [0.25, 0.3) is 5.91 Å². The van der Waals surface area contributed by atoms with Gasteiger partial charge in [-0.3, -0.25) is 4.79 Å². The summed E-state index contributed by atoms with van der Waals surface area (Å²) in [4.78, 5) is 13.7. The van der Waals surface area contributed by atoms with Gasteiger partial charge in [-0.25, -0.2) is 0 Å². The van der Waals surface area contributed by atoms with E-state index in [1.807, 2.05) is 19.9 Å². The molecule has 0 aliphatic rings. The van der Waals surface area contributed by atoms with Crippen LogP contribution in [0.2, 0.25) is 0 Å². The fourth-order valence-electron chi connectivity index (χ4n) is 1.44. The van der Waals surface area contributed by atoms with Crippen LogP contribution in [0.1, 0.15) is 24.2 Å². The zero-order valence-corrected chi connectivity index (χ0v) is 10.00. The summed E-state index contributed by atoms with van der Waals surface area (Å²) in [6.45, 7) is 3.87. The molecule has 1 aromatic carbocycles. The minimum absolute atomic E-state index is 0.0166. The summed E-state index contributed by atoms with van der Waals surface area (Å²) in [6, 6.07) is 8.90. The highest BCUT2D eigenvalue weighted by Gasteiger charge is 2.19. The number of carbonyl (C=O) groups is 1. The quantitative estimate of drug-likeness (QED) is 0.357. The van der Waals surface area contributed by atoms with E-state index >= 15 is 0 Å². The second-order valence-corrected chi connectivity index (χ2v) is 3.98. The average Bonchev–Trinajstić information content (AvgIpc) is 2.35. The van der Waals surface area contributed by atoms with E-state index in [4.69, 9.17) is 10.9 Å². The van der Waals surface area contributed by atoms with Gasteiger partial charge in [0.15, 0.2) is 5.84 Å². The Balaban J connectivity index is 2.89. The van der Waals surface area contributed by atoms with Crippen LogP contribution in [0.25, 0.3) is 0 Å². The van der Waals surface area contributed by atoms with Gasteiger partial charge in [-0.1, -0.05) is 23.4 Å². The molecule has 0 saturated heterocycles. The third-order valence-electron chi connectivity index (χ3n) is 2.37. The standard InChI is InChI=1S/C12H17N3O2/c1-9(2)15(8-11(13)14-17)12(16)10-6-4-3-5-7-10/h3-7,9,17H,8H2,1-2H3,(H2,13,14). The molecule has 1 rings (SSSR count). The van der Waals surface area contributed by atoms with Crippen molar-refractivity contribution in [1.82, 2.24) is 4.90 Å². The molecule has 0 unspecified atom stereocenters. The second-order valence-electron chi connectivity index (χ2n) is 3.98. The Labute approximate surface area is 101 Å². The van der Waals surface area contributed by atoms with Crippen LogP contribution in [0.15, 0.2) is 35.5 Å². The van der Waals surface area contributed by atoms with Gasteiger partial charge in [0.2, 0.25) is 0 Å². The fraction of sp³-hybridized carbons (Fsp3) is 0.333. The van der Waals surface area contributed by atoms with Crippen LogP contribution in [0.4, 0.5) is 0 Å². The van der Waals surface area contributed by atoms with Gasteiger partial charge in [0, 0.05) is 11.6 Å². The molecule has 0 heterocycles. The molecule has 0 saturated carbocycles. The molecule has 5 nitrogen and oxygen atoms in total. The first-order valence-electron chi connectivity index (χ1n) is 5.38. The number of amides is 1. The number of nitrogens with zero attached hydrogens (tertiary/aromatic N) is 2. The molecule has 3 N–H and O–H groups in total. The van der Waals surface area contributed by atoms with Crippen LogP contribution in [0.3, 0.4) is 0 Å². The van der Waals surface area contributed by atoms with Crippen molar-refractivity contribution in [3.05, 3.63) is 35.9 Å². The summed E-state index contributed by atoms with van der Waals surface area (Å²) < 4.78 is 0. The van der Waals surface area contributed by atoms with Crippen molar-refractivity contribution in [2.75, 3.05) is 6.54 Å². The molecule has 0 atom stereocenters. The highest BCUT2D eigenvalue weighted by Crippen LogP contribution is 2.07. The maximum atomic E-state index is 12.2. The van der Waals surface area contributed by atoms with Crippen molar-refractivity contribution in [3.63, 3.8) is 0 Å². The highest BCUT2D eigenvalue weighted by atomic mass is 16.4. The van der Waals surface area contributed by atoms with Crippen LogP contribution in [0, 0.1) is 0 Å². The minimum Gasteiger partial charge on any atom is -0.409 e. The van der Waals surface area contributed by atoms with Crippen molar-refractivity contribution < 1.29 is 10.0 Å². The van der Waals surface area contributed by atoms with E-state index in [1.165, 1.54) is 0 Å². The summed E-state index contributed by atoms with van der Waals surface area (Å²) in [5.41, 5.74) is 6.02. The SMILES string of the molecule is CC(C)N(CC(N)=NO)C(=O)c1ccccc1. The maximum Gasteiger partial charge on any atom is 0.254 e. The number of benzene rings is 1. The van der Waals surface area contributed by atoms with E-state index in [2.05, 4.69) is 5.16 Å². The largest absolute Gasteiger partial charge is 0.409 e. The third-order valence-corrected chi connectivity index (χ3v) is 2.37. The van der Waals surface area contributed by atoms with E-state index in [0.29, 0.717) is 5.56 Å². The molecule has 1 amide bonds. The number of oxime groups is 1. The first kappa shape index (κ1) is 13.0. The molecule has 0 fully saturated rings. The summed E-state index contributed by atoms with van der Waals surface area (Å²) in [6.07, 6.45) is 0. The van der Waals surface area contributed by atoms with Gasteiger partial charge in [-0.15, -0.1) is 0 Å². The number of hydrogen-bond acceptors (Lipinski definition) is 3. The highest BCUT2D eigenvalue weighted by molar-refractivity contribution is 5.97. The van der Waals surface area contributed by atoms with Crippen molar-refractivity contribution in [2.45, 2.75) is 19.9 Å². The van der Waals surface area contributed by atoms with Gasteiger partial charge < -0.3 is 15.8 Å². The lowest BCUT2D eigenvalue weighted by molar-refractivity contribution is 0.0734. The van der Waals surface area contributed by atoms with E-state index < -0.39 is 0 Å². The molecule has 5 heteroatoms. The van der Waals surface area contributed by atoms with Crippen LogP contribution < -0.4 is 5.73 Å². The maximum absolute atomic E-state index is 12.2. The van der Waals surface area contributed by atoms with Crippen LogP contribution in [-0.4, -0.2) is 34.4 Å². The third kappa shape index (κ3) is 3.48. The lowest BCUT2D eigenvalue weighted by Crippen LogP contribution is -2.42. The average molecular weight is 235 g/mol. The second kappa shape index (κ2) is 5.89. The number of amidine groups is 1. The van der Waals surface area contributed by atoms with Crippen molar-refractivity contribution in [1.29, 1.82) is 0 Å². The molecule has 92 valence electrons. The zero-order valence-electron chi connectivity index (χ0n) is 10.00. The Kier molecular flexibility index (Phi) is 4.51. The van der Waals surface area contributed by atoms with E-state index in [9.17, 15) is 4.79 Å². The first-order valence-corrected chi connectivity index (χ1v) is 5.38. The topological polar surface area (TPSA) is 78.9 Å². The molecular formula is C12H17N3O2. The molecule has 0 spiro atoms. The molecule has 17 heavy (non-hydrogen) atoms. The summed E-state index contributed by atoms with van der Waals surface area (Å²) in [5, 5.41) is 11.4. The van der Waals surface area contributed by atoms with E-state index in [-0.39, 0.29) is 24.3 Å². The van der Waals surface area contributed by atoms with E-state index in [0.717, 1.165) is 0 Å². The normalized spacial score (nSPS) is 11.6. The summed E-state index contributed by atoms with van der Waals surface area (Å²) in [7, 11) is 0. The molecule has 0 aliphatic carbocycles. The first-order chi connectivity index (χ1) is 8.06. The molecule has 0 radical (unpaired) electrons. The van der Waals surface area contributed by atoms with Crippen LogP contribution >= 0.6 is 0 Å². The number of nitrogens with two attached hydrogens (primary N) is 1. The van der Waals surface area contributed by atoms with Crippen molar-refractivity contribution in [3.8, 4) is 0 Å². The van der Waals surface area contributed by atoms with Gasteiger partial charge in [0.05, 0.1) is 6.54 Å². The monoisotopic (exact) mass is 235 g/mol. The molecule has 0 aromatic heterocycles. The number of carbonyl (C=O) groups excluding carboxylic acids is 1. The Morgan fingerprint density at radius 2 is 2.00 bits per heavy atom. The van der Waals surface area contributed by atoms with Gasteiger partial charge >= 0.3 is 0 Å². The number of hydrogen-bond donors (Lipinski definition) is 2. The predicted octanol–water partition coefficient (Wildman–Crippen LogP) is 1.28. The Bertz CT molecular complexity index is 401. The van der Waals surface area contributed by atoms with E-state index in [1.54, 1.807) is 29.2 Å². The Morgan fingerprint density at radius 1 is 1.41 bits per heavy atom. The van der Waals surface area contributed by atoms with Crippen LogP contribution in [0.5, 0.6) is 0 Å². The minimum atomic E-state index is -0.132. The molecular weight excluding hydrogens is 218 g/mol. The summed E-state index contributed by atoms with van der Waals surface area (Å²) >= 11 is 0. The lowest BCUT2D eigenvalue weighted by atomic mass is 10.1. The molecule has 1 aromatic rings. The predicted molar refractivity (Wildman–Crippen MR) is 66.0 cm³/mol. The van der Waals surface area contributed by atoms with Gasteiger partial charge in [-0.05, 0) is 26.0 Å². The Hall–Kier alpha value is -2.04. The number of rotatable bonds is 4. The summed E-state index contributed by atoms with van der Waals surface area (Å²) in [5.74, 6) is -0.116. The fourth-order valence-corrected chi connectivity index (χ4v) is 1.44. The molecule has 0 bridgehead atoms. The van der Waals surface area contributed by atoms with Crippen LogP contribution in [-0.2, 0) is 0 Å². The van der Waals surface area contributed by atoms with Crippen molar-refractivity contribution >= 4 is 11.7 Å². The smallest absolute Gasteiger partial charge is 0.254 e. The van der Waals surface area contributed by atoms with Gasteiger partial charge in [0.1, 0.15) is 0 Å². The van der Waals surface area contributed by atoms with Gasteiger partial charge in [-0.2, -0.15) is 0 Å². The zero-order chi connectivity index (χ0) is 12.8. The van der Waals surface area contributed by atoms with Crippen molar-refractivity contribution in [2.24, 2.45) is 10.9 Å². The Morgan fingerprint density at radius 3 is 2.47 bits per heavy atom.